The lowest BCUT2D eigenvalue weighted by atomic mass is 10.1. The van der Waals surface area contributed by atoms with Gasteiger partial charge in [0, 0.05) is 6.42 Å². The molecule has 4 nitrogen and oxygen atoms in total. The molecular weight excluding hydrogens is 180 g/mol. The fraction of sp³-hybridized carbons (Fsp3) is 0.600. The molecule has 1 rings (SSSR count). The van der Waals surface area contributed by atoms with E-state index >= 15 is 0 Å². The van der Waals surface area contributed by atoms with Gasteiger partial charge < -0.3 is 10.1 Å². The second-order valence-electron chi connectivity index (χ2n) is 3.36. The van der Waals surface area contributed by atoms with Crippen molar-refractivity contribution in [3.8, 4) is 0 Å². The molecular formula is C10H16N2O2. The summed E-state index contributed by atoms with van der Waals surface area (Å²) >= 11 is 0. The molecule has 0 unspecified atom stereocenters. The van der Waals surface area contributed by atoms with Gasteiger partial charge in [0.2, 0.25) is 0 Å². The molecule has 0 amide bonds. The highest BCUT2D eigenvalue weighted by atomic mass is 16.4. The van der Waals surface area contributed by atoms with E-state index in [1.54, 1.807) is 0 Å². The Morgan fingerprint density at radius 2 is 2.29 bits per heavy atom. The Balaban J connectivity index is 2.33. The summed E-state index contributed by atoms with van der Waals surface area (Å²) in [6.45, 7) is 2.16. The van der Waals surface area contributed by atoms with E-state index in [1.165, 1.54) is 25.5 Å². The number of unbranched alkanes of at least 4 members (excludes halogenated alkanes) is 3. The second kappa shape index (κ2) is 5.42. The van der Waals surface area contributed by atoms with Crippen LogP contribution < -0.4 is 0 Å². The maximum absolute atomic E-state index is 10.5. The lowest BCUT2D eigenvalue weighted by Crippen LogP contribution is -1.96. The number of aryl methyl sites for hydroxylation is 1. The number of hydrogen-bond donors (Lipinski definition) is 2. The van der Waals surface area contributed by atoms with E-state index in [4.69, 9.17) is 5.11 Å². The molecule has 2 N–H and O–H groups in total. The predicted octanol–water partition coefficient (Wildman–Crippen LogP) is 2.23. The maximum Gasteiger partial charge on any atom is 0.353 e. The molecule has 0 aliphatic heterocycles. The van der Waals surface area contributed by atoms with Crippen LogP contribution in [0.15, 0.2) is 6.20 Å². The molecule has 0 aromatic carbocycles. The van der Waals surface area contributed by atoms with E-state index < -0.39 is 5.97 Å². The Labute approximate surface area is 83.4 Å². The normalized spacial score (nSPS) is 10.4. The van der Waals surface area contributed by atoms with Crippen LogP contribution in [0.4, 0.5) is 0 Å². The van der Waals surface area contributed by atoms with Crippen LogP contribution in [0.5, 0.6) is 0 Å². The highest BCUT2D eigenvalue weighted by Gasteiger charge is 2.06. The number of nitrogens with one attached hydrogen (secondary N) is 1. The van der Waals surface area contributed by atoms with Crippen LogP contribution in [0.3, 0.4) is 0 Å². The monoisotopic (exact) mass is 196 g/mol. The molecule has 1 aromatic heterocycles. The number of aromatic amines is 1. The van der Waals surface area contributed by atoms with Crippen LogP contribution in [0.2, 0.25) is 0 Å². The molecule has 1 heterocycles. The topological polar surface area (TPSA) is 66.0 Å². The van der Waals surface area contributed by atoms with Crippen LogP contribution in [0, 0.1) is 0 Å². The van der Waals surface area contributed by atoms with Crippen molar-refractivity contribution in [2.75, 3.05) is 0 Å². The zero-order valence-corrected chi connectivity index (χ0v) is 8.42. The van der Waals surface area contributed by atoms with Crippen molar-refractivity contribution in [2.45, 2.75) is 39.0 Å². The van der Waals surface area contributed by atoms with Crippen molar-refractivity contribution < 1.29 is 9.90 Å². The zero-order chi connectivity index (χ0) is 10.4. The van der Waals surface area contributed by atoms with Crippen LogP contribution in [-0.2, 0) is 6.42 Å². The number of rotatable bonds is 6. The number of carboxylic acid groups (broad SMARTS) is 1. The fourth-order valence-corrected chi connectivity index (χ4v) is 1.32. The van der Waals surface area contributed by atoms with E-state index in [9.17, 15) is 4.79 Å². The summed E-state index contributed by atoms with van der Waals surface area (Å²) in [5.41, 5.74) is 0.176. The Morgan fingerprint density at radius 1 is 1.50 bits per heavy atom. The van der Waals surface area contributed by atoms with E-state index in [2.05, 4.69) is 16.9 Å². The second-order valence-corrected chi connectivity index (χ2v) is 3.36. The maximum atomic E-state index is 10.5. The first-order valence-electron chi connectivity index (χ1n) is 5.01. The molecule has 0 aliphatic rings. The molecule has 4 heteroatoms. The number of imidazole rings is 1. The molecule has 0 bridgehead atoms. The van der Waals surface area contributed by atoms with E-state index in [0.717, 1.165) is 18.7 Å². The quantitative estimate of drug-likeness (QED) is 0.685. The number of nitrogens with zero attached hydrogens (tertiary/aromatic N) is 1. The number of carboxylic acids is 1. The van der Waals surface area contributed by atoms with E-state index in [-0.39, 0.29) is 5.69 Å². The van der Waals surface area contributed by atoms with Gasteiger partial charge in [-0.05, 0) is 6.42 Å². The smallest absolute Gasteiger partial charge is 0.353 e. The van der Waals surface area contributed by atoms with Crippen LogP contribution in [0.1, 0.15) is 48.9 Å². The van der Waals surface area contributed by atoms with Crippen LogP contribution in [-0.4, -0.2) is 21.0 Å². The number of aromatic carboxylic acids is 1. The molecule has 0 aliphatic carbocycles. The number of H-pyrrole nitrogens is 1. The minimum atomic E-state index is -0.947. The zero-order valence-electron chi connectivity index (χ0n) is 8.42. The number of carbonyl (C=O) groups is 1. The summed E-state index contributed by atoms with van der Waals surface area (Å²) in [5.74, 6) is -0.171. The third-order valence-electron chi connectivity index (χ3n) is 2.13. The third kappa shape index (κ3) is 3.20. The van der Waals surface area contributed by atoms with Gasteiger partial charge >= 0.3 is 5.97 Å². The average molecular weight is 196 g/mol. The Morgan fingerprint density at radius 3 is 2.86 bits per heavy atom. The van der Waals surface area contributed by atoms with Gasteiger partial charge in [0.1, 0.15) is 11.5 Å². The Bertz CT molecular complexity index is 294. The fourth-order valence-electron chi connectivity index (χ4n) is 1.32. The van der Waals surface area contributed by atoms with Crippen LogP contribution in [0.25, 0.3) is 0 Å². The third-order valence-corrected chi connectivity index (χ3v) is 2.13. The van der Waals surface area contributed by atoms with Crippen molar-refractivity contribution in [2.24, 2.45) is 0 Å². The van der Waals surface area contributed by atoms with Gasteiger partial charge in [-0.1, -0.05) is 26.2 Å². The molecule has 1 aromatic rings. The van der Waals surface area contributed by atoms with Gasteiger partial charge in [-0.25, -0.2) is 9.78 Å². The summed E-state index contributed by atoms with van der Waals surface area (Å²) in [7, 11) is 0. The Kier molecular flexibility index (Phi) is 4.16. The molecule has 0 radical (unpaired) electrons. The van der Waals surface area contributed by atoms with Crippen molar-refractivity contribution >= 4 is 5.97 Å². The first kappa shape index (κ1) is 10.8. The van der Waals surface area contributed by atoms with Crippen molar-refractivity contribution in [3.63, 3.8) is 0 Å². The summed E-state index contributed by atoms with van der Waals surface area (Å²) in [4.78, 5) is 17.3. The number of aromatic nitrogens is 2. The first-order valence-corrected chi connectivity index (χ1v) is 5.01. The van der Waals surface area contributed by atoms with Gasteiger partial charge in [-0.2, -0.15) is 0 Å². The molecule has 0 fully saturated rings. The predicted molar refractivity (Wildman–Crippen MR) is 53.4 cm³/mol. The van der Waals surface area contributed by atoms with Gasteiger partial charge in [-0.3, -0.25) is 0 Å². The molecule has 0 saturated carbocycles. The van der Waals surface area contributed by atoms with Gasteiger partial charge in [0.15, 0.2) is 0 Å². The largest absolute Gasteiger partial charge is 0.477 e. The van der Waals surface area contributed by atoms with Crippen molar-refractivity contribution in [1.29, 1.82) is 0 Å². The highest BCUT2D eigenvalue weighted by molar-refractivity contribution is 5.84. The molecule has 78 valence electrons. The first-order chi connectivity index (χ1) is 6.74. The standard InChI is InChI=1S/C10H16N2O2/c1-2-3-4-5-6-9-11-7-8(12-9)10(13)14/h7H,2-6H2,1H3,(H,11,12)(H,13,14). The highest BCUT2D eigenvalue weighted by Crippen LogP contribution is 2.05. The number of hydrogen-bond acceptors (Lipinski definition) is 2. The van der Waals surface area contributed by atoms with Crippen LogP contribution >= 0.6 is 0 Å². The van der Waals surface area contributed by atoms with Crippen molar-refractivity contribution in [1.82, 2.24) is 9.97 Å². The summed E-state index contributed by atoms with van der Waals surface area (Å²) < 4.78 is 0. The van der Waals surface area contributed by atoms with E-state index in [1.807, 2.05) is 0 Å². The van der Waals surface area contributed by atoms with Crippen molar-refractivity contribution in [3.05, 3.63) is 17.7 Å². The molecule has 0 saturated heterocycles. The van der Waals surface area contributed by atoms with Gasteiger partial charge in [0.05, 0.1) is 6.20 Å². The minimum absolute atomic E-state index is 0.176. The molecule has 0 atom stereocenters. The molecule has 14 heavy (non-hydrogen) atoms. The summed E-state index contributed by atoms with van der Waals surface area (Å²) in [5, 5.41) is 8.64. The molecule has 0 spiro atoms. The van der Waals surface area contributed by atoms with E-state index in [0.29, 0.717) is 0 Å². The Hall–Kier alpha value is -1.32. The van der Waals surface area contributed by atoms with Gasteiger partial charge in [0.25, 0.3) is 0 Å². The van der Waals surface area contributed by atoms with Gasteiger partial charge in [-0.15, -0.1) is 0 Å². The summed E-state index contributed by atoms with van der Waals surface area (Å²) in [6.07, 6.45) is 6.90. The minimum Gasteiger partial charge on any atom is -0.477 e. The SMILES string of the molecule is CCCCCCc1ncc(C(=O)O)[nH]1. The summed E-state index contributed by atoms with van der Waals surface area (Å²) in [6, 6.07) is 0. The average Bonchev–Trinajstić information content (AvgIpc) is 2.61. The lowest BCUT2D eigenvalue weighted by molar-refractivity contribution is 0.0691. The lowest BCUT2D eigenvalue weighted by Gasteiger charge is -1.96.